The summed E-state index contributed by atoms with van der Waals surface area (Å²) in [5.74, 6) is 1.30. The molecule has 1 aliphatic heterocycles. The molecule has 3 aliphatic carbocycles. The second-order valence-electron chi connectivity index (χ2n) is 7.36. The highest BCUT2D eigenvalue weighted by atomic mass is 16.5. The van der Waals surface area contributed by atoms with Crippen LogP contribution in [0.4, 0.5) is 0 Å². The van der Waals surface area contributed by atoms with Crippen molar-refractivity contribution in [3.63, 3.8) is 0 Å². The first-order valence-corrected chi connectivity index (χ1v) is 9.24. The van der Waals surface area contributed by atoms with E-state index in [0.717, 1.165) is 33.6 Å². The van der Waals surface area contributed by atoms with E-state index in [9.17, 15) is 10.2 Å². The molecule has 134 valence electrons. The highest BCUT2D eigenvalue weighted by Crippen LogP contribution is 2.55. The maximum absolute atomic E-state index is 11.1. The molecule has 0 radical (unpaired) electrons. The van der Waals surface area contributed by atoms with Crippen LogP contribution in [-0.2, 0) is 0 Å². The van der Waals surface area contributed by atoms with Gasteiger partial charge in [-0.05, 0) is 41.0 Å². The van der Waals surface area contributed by atoms with E-state index in [1.54, 1.807) is 0 Å². The first-order chi connectivity index (χ1) is 13.7. The van der Waals surface area contributed by atoms with E-state index in [2.05, 4.69) is 0 Å². The van der Waals surface area contributed by atoms with Crippen molar-refractivity contribution in [1.29, 1.82) is 0 Å². The second kappa shape index (κ2) is 5.17. The minimum atomic E-state index is -0.966. The largest absolute Gasteiger partial charge is 0.507 e. The van der Waals surface area contributed by atoms with Crippen LogP contribution in [0, 0.1) is 5.41 Å². The van der Waals surface area contributed by atoms with Gasteiger partial charge >= 0.3 is 0 Å². The maximum atomic E-state index is 11.1. The molecule has 2 aromatic carbocycles. The van der Waals surface area contributed by atoms with Gasteiger partial charge in [-0.15, -0.1) is 0 Å². The fourth-order valence-corrected chi connectivity index (χ4v) is 4.47. The Morgan fingerprint density at radius 3 is 2.50 bits per heavy atom. The number of allylic oxidation sites excluding steroid dienone is 5. The lowest BCUT2D eigenvalue weighted by Crippen LogP contribution is -2.31. The monoisotopic (exact) mass is 364 g/mol. The Morgan fingerprint density at radius 2 is 1.61 bits per heavy atom. The predicted molar refractivity (Wildman–Crippen MR) is 109 cm³/mol. The van der Waals surface area contributed by atoms with Crippen LogP contribution >= 0.6 is 0 Å². The van der Waals surface area contributed by atoms with Crippen LogP contribution < -0.4 is 4.74 Å². The summed E-state index contributed by atoms with van der Waals surface area (Å²) in [7, 11) is 0. The summed E-state index contributed by atoms with van der Waals surface area (Å²) in [6.45, 7) is 0. The minimum absolute atomic E-state index is 0.0774. The molecule has 0 amide bonds. The van der Waals surface area contributed by atoms with E-state index in [1.807, 2.05) is 85.0 Å². The zero-order valence-corrected chi connectivity index (χ0v) is 14.9. The Morgan fingerprint density at radius 1 is 0.821 bits per heavy atom. The number of benzene rings is 2. The lowest BCUT2D eigenvalue weighted by molar-refractivity contribution is 0.273. The summed E-state index contributed by atoms with van der Waals surface area (Å²) < 4.78 is 6.11. The molecule has 0 saturated heterocycles. The van der Waals surface area contributed by atoms with Crippen molar-refractivity contribution in [3.05, 3.63) is 118 Å². The van der Waals surface area contributed by atoms with Gasteiger partial charge in [0.15, 0.2) is 11.5 Å². The molecule has 1 atom stereocenters. The Bertz CT molecular complexity index is 1250. The SMILES string of the molecule is OC1=C(O)C2(C=CC=C3Oc4ccccc4C=C32)C=C2C1=Cc1ccccc12. The van der Waals surface area contributed by atoms with E-state index in [1.165, 1.54) is 0 Å². The van der Waals surface area contributed by atoms with Gasteiger partial charge in [-0.25, -0.2) is 0 Å². The van der Waals surface area contributed by atoms with Crippen molar-refractivity contribution in [2.45, 2.75) is 0 Å². The summed E-state index contributed by atoms with van der Waals surface area (Å²) >= 11 is 0. The number of fused-ring (bicyclic) bond motifs is 6. The third-order valence-electron chi connectivity index (χ3n) is 5.84. The molecular weight excluding hydrogens is 348 g/mol. The number of para-hydroxylation sites is 1. The van der Waals surface area contributed by atoms with Crippen LogP contribution in [0.3, 0.4) is 0 Å². The molecule has 2 aromatic rings. The predicted octanol–water partition coefficient (Wildman–Crippen LogP) is 5.72. The van der Waals surface area contributed by atoms with Crippen molar-refractivity contribution in [2.24, 2.45) is 5.41 Å². The fraction of sp³-hybridized carbons (Fsp3) is 0.0400. The number of hydrogen-bond acceptors (Lipinski definition) is 3. The molecule has 1 spiro atoms. The lowest BCUT2D eigenvalue weighted by atomic mass is 9.68. The Labute approximate surface area is 162 Å². The van der Waals surface area contributed by atoms with Crippen LogP contribution in [0.2, 0.25) is 0 Å². The fourth-order valence-electron chi connectivity index (χ4n) is 4.47. The third-order valence-corrected chi connectivity index (χ3v) is 5.84. The van der Waals surface area contributed by atoms with E-state index >= 15 is 0 Å². The van der Waals surface area contributed by atoms with Gasteiger partial charge < -0.3 is 14.9 Å². The third kappa shape index (κ3) is 1.83. The molecule has 4 aliphatic rings. The van der Waals surface area contributed by atoms with Crippen molar-refractivity contribution >= 4 is 17.7 Å². The molecule has 1 unspecified atom stereocenters. The van der Waals surface area contributed by atoms with Gasteiger partial charge in [-0.3, -0.25) is 0 Å². The van der Waals surface area contributed by atoms with Gasteiger partial charge in [0.05, 0.1) is 5.41 Å². The molecule has 28 heavy (non-hydrogen) atoms. The van der Waals surface area contributed by atoms with Crippen LogP contribution in [0.1, 0.15) is 16.7 Å². The highest BCUT2D eigenvalue weighted by molar-refractivity contribution is 6.00. The average Bonchev–Trinajstić information content (AvgIpc) is 3.10. The number of hydrogen-bond donors (Lipinski definition) is 2. The molecule has 0 saturated carbocycles. The Hall–Kier alpha value is -3.72. The number of rotatable bonds is 0. The van der Waals surface area contributed by atoms with Crippen LogP contribution in [0.25, 0.3) is 17.7 Å². The number of ether oxygens (including phenoxy) is 1. The molecule has 3 heteroatoms. The molecule has 3 nitrogen and oxygen atoms in total. The summed E-state index contributed by atoms with van der Waals surface area (Å²) in [6, 6.07) is 15.8. The zero-order valence-electron chi connectivity index (χ0n) is 14.9. The number of aliphatic hydroxyl groups is 2. The van der Waals surface area contributed by atoms with E-state index in [0.29, 0.717) is 11.3 Å². The van der Waals surface area contributed by atoms with Crippen molar-refractivity contribution < 1.29 is 14.9 Å². The van der Waals surface area contributed by atoms with Gasteiger partial charge in [0, 0.05) is 16.7 Å². The second-order valence-corrected chi connectivity index (χ2v) is 7.36. The van der Waals surface area contributed by atoms with Gasteiger partial charge in [-0.2, -0.15) is 0 Å². The normalized spacial score (nSPS) is 23.6. The average molecular weight is 364 g/mol. The minimum Gasteiger partial charge on any atom is -0.507 e. The lowest BCUT2D eigenvalue weighted by Gasteiger charge is -2.38. The van der Waals surface area contributed by atoms with Crippen LogP contribution in [-0.4, -0.2) is 10.2 Å². The Kier molecular flexibility index (Phi) is 2.83. The molecule has 1 heterocycles. The van der Waals surface area contributed by atoms with Crippen LogP contribution in [0.5, 0.6) is 5.75 Å². The first kappa shape index (κ1) is 15.3. The van der Waals surface area contributed by atoms with E-state index in [-0.39, 0.29) is 11.5 Å². The van der Waals surface area contributed by atoms with E-state index in [4.69, 9.17) is 4.74 Å². The highest BCUT2D eigenvalue weighted by Gasteiger charge is 2.46. The quantitative estimate of drug-likeness (QED) is 0.628. The first-order valence-electron chi connectivity index (χ1n) is 9.24. The van der Waals surface area contributed by atoms with Gasteiger partial charge in [-0.1, -0.05) is 60.7 Å². The topological polar surface area (TPSA) is 49.7 Å². The summed E-state index contributed by atoms with van der Waals surface area (Å²) in [4.78, 5) is 0. The summed E-state index contributed by atoms with van der Waals surface area (Å²) in [6.07, 6.45) is 11.7. The molecule has 2 N–H and O–H groups in total. The maximum Gasteiger partial charge on any atom is 0.162 e. The summed E-state index contributed by atoms with van der Waals surface area (Å²) in [5.41, 5.74) is 4.47. The summed E-state index contributed by atoms with van der Waals surface area (Å²) in [5, 5.41) is 22.1. The Balaban J connectivity index is 1.63. The molecule has 0 aromatic heterocycles. The molecule has 6 rings (SSSR count). The number of aliphatic hydroxyl groups excluding tert-OH is 2. The smallest absolute Gasteiger partial charge is 0.162 e. The van der Waals surface area contributed by atoms with Crippen molar-refractivity contribution in [2.75, 3.05) is 0 Å². The van der Waals surface area contributed by atoms with Gasteiger partial charge in [0.25, 0.3) is 0 Å². The van der Waals surface area contributed by atoms with Crippen molar-refractivity contribution in [3.8, 4) is 5.75 Å². The standard InChI is InChI=1S/C25H16O3/c26-23-18-12-15-6-1-3-8-17(15)19(18)14-25(24(23)27)11-5-10-22-20(25)13-16-7-2-4-9-21(16)28-22/h1-14,26-27H. The zero-order chi connectivity index (χ0) is 18.9. The van der Waals surface area contributed by atoms with Gasteiger partial charge in [0.1, 0.15) is 11.5 Å². The molecule has 0 fully saturated rings. The van der Waals surface area contributed by atoms with Crippen molar-refractivity contribution in [1.82, 2.24) is 0 Å². The van der Waals surface area contributed by atoms with E-state index < -0.39 is 5.41 Å². The van der Waals surface area contributed by atoms with Crippen LogP contribution in [0.15, 0.2) is 101 Å². The van der Waals surface area contributed by atoms with Gasteiger partial charge in [0.2, 0.25) is 0 Å². The molecular formula is C25H16O3. The molecule has 0 bridgehead atoms.